The predicted molar refractivity (Wildman–Crippen MR) is 147 cm³/mol. The third kappa shape index (κ3) is 5.01. The lowest BCUT2D eigenvalue weighted by Crippen LogP contribution is -2.22. The van der Waals surface area contributed by atoms with Crippen molar-refractivity contribution in [1.82, 2.24) is 9.38 Å². The summed E-state index contributed by atoms with van der Waals surface area (Å²) in [4.78, 5) is 18.3. The molecule has 5 rings (SSSR count). The lowest BCUT2D eigenvalue weighted by molar-refractivity contribution is 0.206. The van der Waals surface area contributed by atoms with Gasteiger partial charge in [0.1, 0.15) is 13.2 Å². The standard InChI is InChI=1S/C29H26N2O5S/c1-4-7-19-10-12-23(25(16-19)33-2)35-14-15-36-24-13-11-20(17-26(24)34-3)18-27-28(32)31-22-9-6-5-8-21(22)30-29(31)37-27/h4-6,8-13,16-18H,1,7,14-15H2,2-3H3/b27-18+. The number of rotatable bonds is 10. The van der Waals surface area contributed by atoms with Gasteiger partial charge in [0, 0.05) is 0 Å². The Morgan fingerprint density at radius 1 is 0.919 bits per heavy atom. The van der Waals surface area contributed by atoms with E-state index in [0.717, 1.165) is 28.6 Å². The second-order valence-electron chi connectivity index (χ2n) is 8.22. The molecule has 37 heavy (non-hydrogen) atoms. The smallest absolute Gasteiger partial charge is 0.274 e. The Bertz CT molecular complexity index is 1690. The van der Waals surface area contributed by atoms with Crippen LogP contribution in [-0.2, 0) is 6.42 Å². The van der Waals surface area contributed by atoms with Gasteiger partial charge in [-0.15, -0.1) is 6.58 Å². The Balaban J connectivity index is 1.29. The van der Waals surface area contributed by atoms with Gasteiger partial charge in [-0.2, -0.15) is 0 Å². The minimum Gasteiger partial charge on any atom is -0.493 e. The number of nitrogens with zero attached hydrogens (tertiary/aromatic N) is 2. The first-order valence-electron chi connectivity index (χ1n) is 11.7. The molecular formula is C29H26N2O5S. The molecule has 0 radical (unpaired) electrons. The summed E-state index contributed by atoms with van der Waals surface area (Å²) in [7, 11) is 3.20. The molecule has 0 aliphatic carbocycles. The Hall–Kier alpha value is -4.30. The molecule has 0 saturated heterocycles. The molecule has 2 aromatic heterocycles. The third-order valence-corrected chi connectivity index (χ3v) is 6.81. The quantitative estimate of drug-likeness (QED) is 0.199. The molecule has 0 bridgehead atoms. The maximum absolute atomic E-state index is 13.0. The second-order valence-corrected chi connectivity index (χ2v) is 9.23. The maximum Gasteiger partial charge on any atom is 0.274 e. The molecule has 0 saturated carbocycles. The van der Waals surface area contributed by atoms with E-state index in [-0.39, 0.29) is 5.56 Å². The van der Waals surface area contributed by atoms with Crippen LogP contribution in [0.4, 0.5) is 0 Å². The van der Waals surface area contributed by atoms with E-state index in [9.17, 15) is 4.79 Å². The van der Waals surface area contributed by atoms with Crippen LogP contribution in [0.15, 0.2) is 78.1 Å². The van der Waals surface area contributed by atoms with Crippen LogP contribution in [0, 0.1) is 0 Å². The van der Waals surface area contributed by atoms with E-state index in [1.807, 2.05) is 72.8 Å². The summed E-state index contributed by atoms with van der Waals surface area (Å²) in [6.45, 7) is 4.41. The van der Waals surface area contributed by atoms with Gasteiger partial charge >= 0.3 is 0 Å². The molecule has 2 heterocycles. The number of hydrogen-bond acceptors (Lipinski definition) is 7. The predicted octanol–water partition coefficient (Wildman–Crippen LogP) is 4.66. The van der Waals surface area contributed by atoms with Crippen LogP contribution < -0.4 is 29.0 Å². The number of thiazole rings is 1. The molecule has 5 aromatic rings. The molecule has 0 fully saturated rings. The van der Waals surface area contributed by atoms with Gasteiger partial charge in [0.05, 0.1) is 29.8 Å². The molecular weight excluding hydrogens is 488 g/mol. The van der Waals surface area contributed by atoms with Crippen molar-refractivity contribution in [2.24, 2.45) is 0 Å². The van der Waals surface area contributed by atoms with Crippen LogP contribution in [-0.4, -0.2) is 36.8 Å². The molecule has 0 atom stereocenters. The number of methoxy groups -OCH3 is 2. The van der Waals surface area contributed by atoms with E-state index >= 15 is 0 Å². The molecule has 0 N–H and O–H groups in total. The van der Waals surface area contributed by atoms with E-state index in [4.69, 9.17) is 18.9 Å². The summed E-state index contributed by atoms with van der Waals surface area (Å²) in [6, 6.07) is 19.0. The molecule has 0 spiro atoms. The van der Waals surface area contributed by atoms with Crippen molar-refractivity contribution in [2.45, 2.75) is 6.42 Å². The fourth-order valence-corrected chi connectivity index (χ4v) is 5.07. The van der Waals surface area contributed by atoms with E-state index < -0.39 is 0 Å². The van der Waals surface area contributed by atoms with Crippen molar-refractivity contribution >= 4 is 33.4 Å². The topological polar surface area (TPSA) is 71.3 Å². The number of hydrogen-bond donors (Lipinski definition) is 0. The molecule has 0 amide bonds. The van der Waals surface area contributed by atoms with E-state index in [1.54, 1.807) is 18.6 Å². The zero-order chi connectivity index (χ0) is 25.8. The van der Waals surface area contributed by atoms with Gasteiger partial charge in [-0.25, -0.2) is 9.38 Å². The van der Waals surface area contributed by atoms with E-state index in [1.165, 1.54) is 11.3 Å². The summed E-state index contributed by atoms with van der Waals surface area (Å²) in [6.07, 6.45) is 4.45. The number of aromatic nitrogens is 2. The average Bonchev–Trinajstić information content (AvgIpc) is 3.43. The van der Waals surface area contributed by atoms with Crippen molar-refractivity contribution in [3.8, 4) is 23.0 Å². The largest absolute Gasteiger partial charge is 0.493 e. The number of ether oxygens (including phenoxy) is 4. The molecule has 3 aromatic carbocycles. The van der Waals surface area contributed by atoms with Crippen LogP contribution in [0.25, 0.3) is 22.1 Å². The van der Waals surface area contributed by atoms with Gasteiger partial charge in [-0.3, -0.25) is 4.79 Å². The average molecular weight is 515 g/mol. The number of benzene rings is 3. The number of imidazole rings is 1. The van der Waals surface area contributed by atoms with Gasteiger partial charge in [0.15, 0.2) is 28.0 Å². The summed E-state index contributed by atoms with van der Waals surface area (Å²) in [5.74, 6) is 2.48. The van der Waals surface area contributed by atoms with Gasteiger partial charge in [0.25, 0.3) is 5.56 Å². The molecule has 0 aliphatic heterocycles. The van der Waals surface area contributed by atoms with Gasteiger partial charge in [-0.05, 0) is 60.0 Å². The van der Waals surface area contributed by atoms with Gasteiger partial charge in [0.2, 0.25) is 0 Å². The lowest BCUT2D eigenvalue weighted by Gasteiger charge is -2.14. The van der Waals surface area contributed by atoms with Crippen LogP contribution in [0.2, 0.25) is 0 Å². The van der Waals surface area contributed by atoms with Crippen LogP contribution >= 0.6 is 11.3 Å². The summed E-state index contributed by atoms with van der Waals surface area (Å²) in [5.41, 5.74) is 3.47. The second kappa shape index (κ2) is 10.8. The minimum absolute atomic E-state index is 0.0851. The van der Waals surface area contributed by atoms with Crippen LogP contribution in [0.5, 0.6) is 23.0 Å². The normalized spacial score (nSPS) is 11.7. The molecule has 0 unspecified atom stereocenters. The monoisotopic (exact) mass is 514 g/mol. The highest BCUT2D eigenvalue weighted by molar-refractivity contribution is 7.15. The number of para-hydroxylation sites is 2. The highest BCUT2D eigenvalue weighted by Gasteiger charge is 2.12. The Kier molecular flexibility index (Phi) is 7.09. The minimum atomic E-state index is -0.0851. The highest BCUT2D eigenvalue weighted by Crippen LogP contribution is 2.30. The number of fused-ring (bicyclic) bond motifs is 3. The van der Waals surface area contributed by atoms with Crippen molar-refractivity contribution in [3.63, 3.8) is 0 Å². The van der Waals surface area contributed by atoms with Crippen molar-refractivity contribution in [3.05, 3.63) is 99.3 Å². The Labute approximate surface area is 217 Å². The molecule has 8 heteroatoms. The SMILES string of the molecule is C=CCc1ccc(OCCOc2ccc(/C=c3/sc4nc5ccccc5n4c3=O)cc2OC)c(OC)c1. The fraction of sp³-hybridized carbons (Fsp3) is 0.172. The van der Waals surface area contributed by atoms with Gasteiger partial charge < -0.3 is 18.9 Å². The van der Waals surface area contributed by atoms with E-state index in [2.05, 4.69) is 11.6 Å². The number of allylic oxidation sites excluding steroid dienone is 1. The first-order valence-corrected chi connectivity index (χ1v) is 12.6. The Morgan fingerprint density at radius 2 is 1.62 bits per heavy atom. The van der Waals surface area contributed by atoms with Gasteiger partial charge in [-0.1, -0.05) is 41.7 Å². The zero-order valence-corrected chi connectivity index (χ0v) is 21.4. The highest BCUT2D eigenvalue weighted by atomic mass is 32.1. The summed E-state index contributed by atoms with van der Waals surface area (Å²) < 4.78 is 25.0. The first-order chi connectivity index (χ1) is 18.1. The van der Waals surface area contributed by atoms with Crippen LogP contribution in [0.3, 0.4) is 0 Å². The molecule has 7 nitrogen and oxygen atoms in total. The molecule has 0 aliphatic rings. The fourth-order valence-electron chi connectivity index (χ4n) is 4.08. The van der Waals surface area contributed by atoms with Crippen molar-refractivity contribution < 1.29 is 18.9 Å². The maximum atomic E-state index is 13.0. The van der Waals surface area contributed by atoms with Crippen molar-refractivity contribution in [1.29, 1.82) is 0 Å². The van der Waals surface area contributed by atoms with Crippen molar-refractivity contribution in [2.75, 3.05) is 27.4 Å². The lowest BCUT2D eigenvalue weighted by atomic mass is 10.1. The Morgan fingerprint density at radius 3 is 2.35 bits per heavy atom. The summed E-state index contributed by atoms with van der Waals surface area (Å²) >= 11 is 1.36. The third-order valence-electron chi connectivity index (χ3n) is 5.84. The van der Waals surface area contributed by atoms with E-state index in [0.29, 0.717) is 45.7 Å². The first kappa shape index (κ1) is 24.4. The molecule has 188 valence electrons. The zero-order valence-electron chi connectivity index (χ0n) is 20.6. The summed E-state index contributed by atoms with van der Waals surface area (Å²) in [5, 5.41) is 0. The van der Waals surface area contributed by atoms with Crippen LogP contribution in [0.1, 0.15) is 11.1 Å².